The molecule has 1 fully saturated rings. The van der Waals surface area contributed by atoms with Gasteiger partial charge in [0.1, 0.15) is 4.21 Å². The predicted octanol–water partition coefficient (Wildman–Crippen LogP) is 3.40. The van der Waals surface area contributed by atoms with Crippen molar-refractivity contribution in [3.63, 3.8) is 0 Å². The summed E-state index contributed by atoms with van der Waals surface area (Å²) in [4.78, 5) is 18.1. The Labute approximate surface area is 175 Å². The van der Waals surface area contributed by atoms with Gasteiger partial charge in [-0.3, -0.25) is 4.79 Å². The lowest BCUT2D eigenvalue weighted by Crippen LogP contribution is -2.45. The molecule has 1 unspecified atom stereocenters. The van der Waals surface area contributed by atoms with E-state index >= 15 is 0 Å². The van der Waals surface area contributed by atoms with Crippen LogP contribution >= 0.6 is 22.7 Å². The first-order valence-electron chi connectivity index (χ1n) is 9.56. The number of carbonyl (C=O) groups is 1. The minimum atomic E-state index is -3.51. The van der Waals surface area contributed by atoms with Crippen molar-refractivity contribution in [3.05, 3.63) is 33.1 Å². The summed E-state index contributed by atoms with van der Waals surface area (Å²) in [6.45, 7) is 7.37. The van der Waals surface area contributed by atoms with Crippen molar-refractivity contribution in [2.75, 3.05) is 19.6 Å². The minimum absolute atomic E-state index is 0.0680. The molecule has 28 heavy (non-hydrogen) atoms. The third-order valence-corrected chi connectivity index (χ3v) is 9.34. The number of carbonyl (C=O) groups excluding carboxylic acids is 1. The smallest absolute Gasteiger partial charge is 0.252 e. The van der Waals surface area contributed by atoms with Gasteiger partial charge >= 0.3 is 0 Å². The summed E-state index contributed by atoms with van der Waals surface area (Å²) in [5.41, 5.74) is 0.995. The molecule has 9 heteroatoms. The van der Waals surface area contributed by atoms with Gasteiger partial charge in [-0.15, -0.1) is 22.7 Å². The highest BCUT2D eigenvalue weighted by molar-refractivity contribution is 7.91. The zero-order chi connectivity index (χ0) is 20.3. The predicted molar refractivity (Wildman–Crippen MR) is 113 cm³/mol. The molecule has 1 N–H and O–H groups in total. The number of rotatable bonds is 7. The van der Waals surface area contributed by atoms with Crippen molar-refractivity contribution in [2.45, 2.75) is 50.2 Å². The van der Waals surface area contributed by atoms with E-state index in [2.05, 4.69) is 24.1 Å². The van der Waals surface area contributed by atoms with Crippen LogP contribution in [0, 0.1) is 12.8 Å². The Kier molecular flexibility index (Phi) is 6.90. The molecule has 1 saturated heterocycles. The molecule has 1 amide bonds. The zero-order valence-electron chi connectivity index (χ0n) is 16.5. The van der Waals surface area contributed by atoms with Crippen LogP contribution in [0.2, 0.25) is 0 Å². The maximum Gasteiger partial charge on any atom is 0.252 e. The normalized spacial score (nSPS) is 18.5. The fourth-order valence-electron chi connectivity index (χ4n) is 3.21. The van der Waals surface area contributed by atoms with Gasteiger partial charge in [-0.2, -0.15) is 4.31 Å². The van der Waals surface area contributed by atoms with Gasteiger partial charge in [-0.25, -0.2) is 13.4 Å². The highest BCUT2D eigenvalue weighted by Gasteiger charge is 2.33. The summed E-state index contributed by atoms with van der Waals surface area (Å²) < 4.78 is 27.5. The van der Waals surface area contributed by atoms with E-state index in [4.69, 9.17) is 0 Å². The number of amides is 1. The molecular weight excluding hydrogens is 414 g/mol. The SMILES string of the molecule is Cc1ccc(S(=O)(=O)N2CCCC(C(=O)NCCc3csc(C(C)C)n3)C2)s1. The number of thiophene rings is 1. The first-order chi connectivity index (χ1) is 13.3. The van der Waals surface area contributed by atoms with Crippen molar-refractivity contribution in [1.82, 2.24) is 14.6 Å². The molecule has 1 aliphatic heterocycles. The van der Waals surface area contributed by atoms with Gasteiger partial charge in [-0.1, -0.05) is 13.8 Å². The van der Waals surface area contributed by atoms with Gasteiger partial charge in [0, 0.05) is 42.2 Å². The fourth-order valence-corrected chi connectivity index (χ4v) is 7.04. The molecule has 154 valence electrons. The number of nitrogens with zero attached hydrogens (tertiary/aromatic N) is 2. The Bertz CT molecular complexity index is 918. The molecule has 2 aromatic rings. The molecule has 6 nitrogen and oxygen atoms in total. The highest BCUT2D eigenvalue weighted by atomic mass is 32.2. The number of hydrogen-bond donors (Lipinski definition) is 1. The molecule has 2 aromatic heterocycles. The summed E-state index contributed by atoms with van der Waals surface area (Å²) in [7, 11) is -3.51. The van der Waals surface area contributed by atoms with Gasteiger partial charge in [0.15, 0.2) is 0 Å². The first-order valence-corrected chi connectivity index (χ1v) is 12.7. The van der Waals surface area contributed by atoms with E-state index in [1.54, 1.807) is 17.4 Å². The number of aromatic nitrogens is 1. The molecule has 0 spiro atoms. The van der Waals surface area contributed by atoms with Crippen molar-refractivity contribution in [1.29, 1.82) is 0 Å². The number of nitrogens with one attached hydrogen (secondary N) is 1. The molecule has 3 rings (SSSR count). The lowest BCUT2D eigenvalue weighted by atomic mass is 9.99. The van der Waals surface area contributed by atoms with Crippen LogP contribution in [-0.2, 0) is 21.2 Å². The van der Waals surface area contributed by atoms with Crippen LogP contribution in [0.5, 0.6) is 0 Å². The van der Waals surface area contributed by atoms with Crippen LogP contribution in [0.25, 0.3) is 0 Å². The van der Waals surface area contributed by atoms with E-state index < -0.39 is 10.0 Å². The van der Waals surface area contributed by atoms with E-state index in [0.29, 0.717) is 36.1 Å². The summed E-state index contributed by atoms with van der Waals surface area (Å²) >= 11 is 2.93. The van der Waals surface area contributed by atoms with Crippen molar-refractivity contribution < 1.29 is 13.2 Å². The van der Waals surface area contributed by atoms with Gasteiger partial charge in [0.05, 0.1) is 16.6 Å². The third kappa shape index (κ3) is 5.00. The maximum absolute atomic E-state index is 12.8. The van der Waals surface area contributed by atoms with Crippen LogP contribution in [0.3, 0.4) is 0 Å². The average molecular weight is 442 g/mol. The van der Waals surface area contributed by atoms with E-state index in [1.807, 2.05) is 18.4 Å². The number of sulfonamides is 1. The molecule has 0 aromatic carbocycles. The van der Waals surface area contributed by atoms with Gasteiger partial charge in [0.2, 0.25) is 5.91 Å². The molecule has 1 aliphatic rings. The second-order valence-corrected chi connectivity index (χ2v) is 11.8. The summed E-state index contributed by atoms with van der Waals surface area (Å²) in [6.07, 6.45) is 2.11. The zero-order valence-corrected chi connectivity index (χ0v) is 18.9. The van der Waals surface area contributed by atoms with Gasteiger partial charge in [-0.05, 0) is 31.9 Å². The Balaban J connectivity index is 1.54. The largest absolute Gasteiger partial charge is 0.355 e. The minimum Gasteiger partial charge on any atom is -0.355 e. The Morgan fingerprint density at radius 2 is 2.18 bits per heavy atom. The number of hydrogen-bond acceptors (Lipinski definition) is 6. The molecule has 0 saturated carbocycles. The number of piperidine rings is 1. The lowest BCUT2D eigenvalue weighted by Gasteiger charge is -2.30. The van der Waals surface area contributed by atoms with E-state index in [-0.39, 0.29) is 18.4 Å². The summed E-state index contributed by atoms with van der Waals surface area (Å²) in [5.74, 6) is 0.0449. The topological polar surface area (TPSA) is 79.4 Å². The highest BCUT2D eigenvalue weighted by Crippen LogP contribution is 2.28. The van der Waals surface area contributed by atoms with Crippen molar-refractivity contribution in [3.8, 4) is 0 Å². The van der Waals surface area contributed by atoms with Crippen LogP contribution < -0.4 is 5.32 Å². The molecular formula is C19H27N3O3S3. The second-order valence-electron chi connectivity index (χ2n) is 7.44. The van der Waals surface area contributed by atoms with E-state index in [1.165, 1.54) is 15.6 Å². The average Bonchev–Trinajstić information content (AvgIpc) is 3.31. The van der Waals surface area contributed by atoms with Crippen molar-refractivity contribution >= 4 is 38.6 Å². The summed E-state index contributed by atoms with van der Waals surface area (Å²) in [5, 5.41) is 6.11. The van der Waals surface area contributed by atoms with Gasteiger partial charge in [0.25, 0.3) is 10.0 Å². The van der Waals surface area contributed by atoms with E-state index in [0.717, 1.165) is 22.0 Å². The summed E-state index contributed by atoms with van der Waals surface area (Å²) in [6, 6.07) is 3.47. The quantitative estimate of drug-likeness (QED) is 0.714. The van der Waals surface area contributed by atoms with Crippen LogP contribution in [0.1, 0.15) is 48.2 Å². The van der Waals surface area contributed by atoms with Crippen LogP contribution in [0.15, 0.2) is 21.7 Å². The molecule has 0 radical (unpaired) electrons. The monoisotopic (exact) mass is 441 g/mol. The number of aryl methyl sites for hydroxylation is 1. The second kappa shape index (κ2) is 9.02. The fraction of sp³-hybridized carbons (Fsp3) is 0.579. The lowest BCUT2D eigenvalue weighted by molar-refractivity contribution is -0.126. The Morgan fingerprint density at radius 1 is 1.39 bits per heavy atom. The number of thiazole rings is 1. The Hall–Kier alpha value is -1.29. The Morgan fingerprint density at radius 3 is 2.82 bits per heavy atom. The maximum atomic E-state index is 12.8. The van der Waals surface area contributed by atoms with Crippen LogP contribution in [-0.4, -0.2) is 43.2 Å². The molecule has 3 heterocycles. The van der Waals surface area contributed by atoms with Crippen LogP contribution in [0.4, 0.5) is 0 Å². The first kappa shape index (κ1) is 21.4. The standard InChI is InChI=1S/C19H27N3O3S3/c1-13(2)19-21-16(12-26-19)8-9-20-18(23)15-5-4-10-22(11-15)28(24,25)17-7-6-14(3)27-17/h6-7,12-13,15H,4-5,8-11H2,1-3H3,(H,20,23). The van der Waals surface area contributed by atoms with E-state index in [9.17, 15) is 13.2 Å². The molecule has 0 bridgehead atoms. The van der Waals surface area contributed by atoms with Gasteiger partial charge < -0.3 is 5.32 Å². The molecule has 1 atom stereocenters. The van der Waals surface area contributed by atoms with Crippen molar-refractivity contribution in [2.24, 2.45) is 5.92 Å². The molecule has 0 aliphatic carbocycles. The third-order valence-electron chi connectivity index (χ3n) is 4.81.